The van der Waals surface area contributed by atoms with Crippen LogP contribution in [0.1, 0.15) is 41.0 Å². The number of nitrogens with zero attached hydrogens (tertiary/aromatic N) is 1. The molecule has 0 spiro atoms. The lowest BCUT2D eigenvalue weighted by molar-refractivity contribution is 0.157. The van der Waals surface area contributed by atoms with Gasteiger partial charge in [-0.25, -0.2) is 0 Å². The van der Waals surface area contributed by atoms with Crippen molar-refractivity contribution in [1.29, 1.82) is 0 Å². The highest BCUT2D eigenvalue weighted by molar-refractivity contribution is 4.88. The second-order valence-corrected chi connectivity index (χ2v) is 5.51. The lowest BCUT2D eigenvalue weighted by Gasteiger charge is -2.32. The molecular weight excluding hydrogens is 134 g/mol. The molecular formula is C10H21N. The third-order valence-corrected chi connectivity index (χ3v) is 2.63. The molecule has 1 nitrogen and oxygen atoms in total. The standard InChI is InChI=1S/C10H21N/c1-9(2,3)11-7-6-10(4,5)8-11/h6-8H2,1-5H3. The first-order chi connectivity index (χ1) is 4.81. The number of hydrogen-bond acceptors (Lipinski definition) is 1. The van der Waals surface area contributed by atoms with E-state index in [1.807, 2.05) is 0 Å². The van der Waals surface area contributed by atoms with E-state index in [1.165, 1.54) is 19.5 Å². The normalized spacial score (nSPS) is 25.9. The number of hydrogen-bond donors (Lipinski definition) is 0. The van der Waals surface area contributed by atoms with E-state index in [-0.39, 0.29) is 0 Å². The lowest BCUT2D eigenvalue weighted by Crippen LogP contribution is -2.40. The van der Waals surface area contributed by atoms with E-state index in [0.717, 1.165) is 0 Å². The summed E-state index contributed by atoms with van der Waals surface area (Å²) in [6, 6.07) is 0. The van der Waals surface area contributed by atoms with Crippen LogP contribution in [0, 0.1) is 5.41 Å². The Bertz CT molecular complexity index is 141. The Kier molecular flexibility index (Phi) is 2.04. The van der Waals surface area contributed by atoms with E-state index in [9.17, 15) is 0 Å². The zero-order valence-electron chi connectivity index (χ0n) is 8.57. The Hall–Kier alpha value is -0.0400. The van der Waals surface area contributed by atoms with Crippen molar-refractivity contribution in [3.63, 3.8) is 0 Å². The van der Waals surface area contributed by atoms with Crippen LogP contribution in [0.5, 0.6) is 0 Å². The fourth-order valence-electron chi connectivity index (χ4n) is 1.68. The zero-order valence-corrected chi connectivity index (χ0v) is 8.57. The van der Waals surface area contributed by atoms with E-state index in [2.05, 4.69) is 39.5 Å². The van der Waals surface area contributed by atoms with Gasteiger partial charge >= 0.3 is 0 Å². The highest BCUT2D eigenvalue weighted by Gasteiger charge is 2.34. The van der Waals surface area contributed by atoms with E-state index in [4.69, 9.17) is 0 Å². The minimum atomic E-state index is 0.369. The molecule has 0 aliphatic carbocycles. The SMILES string of the molecule is CC1(C)CCN(C(C)(C)C)C1. The maximum atomic E-state index is 2.58. The average molecular weight is 155 g/mol. The number of rotatable bonds is 0. The molecule has 1 fully saturated rings. The van der Waals surface area contributed by atoms with Crippen molar-refractivity contribution >= 4 is 0 Å². The highest BCUT2D eigenvalue weighted by atomic mass is 15.2. The minimum absolute atomic E-state index is 0.369. The molecule has 0 amide bonds. The van der Waals surface area contributed by atoms with E-state index in [1.54, 1.807) is 0 Å². The van der Waals surface area contributed by atoms with Crippen molar-refractivity contribution in [2.45, 2.75) is 46.6 Å². The van der Waals surface area contributed by atoms with Crippen LogP contribution in [0.3, 0.4) is 0 Å². The molecule has 0 saturated carbocycles. The Labute approximate surface area is 70.8 Å². The van der Waals surface area contributed by atoms with Crippen LogP contribution in [0.15, 0.2) is 0 Å². The van der Waals surface area contributed by atoms with Gasteiger partial charge in [-0.15, -0.1) is 0 Å². The Balaban J connectivity index is 2.55. The van der Waals surface area contributed by atoms with E-state index >= 15 is 0 Å². The van der Waals surface area contributed by atoms with E-state index < -0.39 is 0 Å². The zero-order chi connectivity index (χ0) is 8.70. The Morgan fingerprint density at radius 3 is 1.91 bits per heavy atom. The molecule has 66 valence electrons. The smallest absolute Gasteiger partial charge is 0.0125 e. The summed E-state index contributed by atoms with van der Waals surface area (Å²) in [4.78, 5) is 2.58. The molecule has 1 rings (SSSR count). The van der Waals surface area contributed by atoms with Gasteiger partial charge < -0.3 is 0 Å². The van der Waals surface area contributed by atoms with E-state index in [0.29, 0.717) is 11.0 Å². The van der Waals surface area contributed by atoms with Gasteiger partial charge in [0.1, 0.15) is 0 Å². The Morgan fingerprint density at radius 2 is 1.73 bits per heavy atom. The third kappa shape index (κ3) is 2.19. The quantitative estimate of drug-likeness (QED) is 0.519. The van der Waals surface area contributed by atoms with Crippen molar-refractivity contribution in [3.05, 3.63) is 0 Å². The molecule has 0 radical (unpaired) electrons. The minimum Gasteiger partial charge on any atom is -0.298 e. The molecule has 0 aromatic carbocycles. The third-order valence-electron chi connectivity index (χ3n) is 2.63. The van der Waals surface area contributed by atoms with Gasteiger partial charge in [-0.3, -0.25) is 4.90 Å². The summed E-state index contributed by atoms with van der Waals surface area (Å²) in [6.45, 7) is 14.2. The van der Waals surface area contributed by atoms with Gasteiger partial charge in [0, 0.05) is 12.1 Å². The monoisotopic (exact) mass is 155 g/mol. The van der Waals surface area contributed by atoms with Gasteiger partial charge in [-0.2, -0.15) is 0 Å². The molecule has 0 aromatic rings. The molecule has 1 heterocycles. The van der Waals surface area contributed by atoms with Crippen LogP contribution in [-0.4, -0.2) is 23.5 Å². The Morgan fingerprint density at radius 1 is 1.18 bits per heavy atom. The summed E-state index contributed by atoms with van der Waals surface area (Å²) < 4.78 is 0. The molecule has 1 heteroatoms. The summed E-state index contributed by atoms with van der Waals surface area (Å²) in [5, 5.41) is 0. The molecule has 0 aromatic heterocycles. The molecule has 0 unspecified atom stereocenters. The summed E-state index contributed by atoms with van der Waals surface area (Å²) in [5.74, 6) is 0. The predicted octanol–water partition coefficient (Wildman–Crippen LogP) is 2.52. The van der Waals surface area contributed by atoms with Crippen LogP contribution >= 0.6 is 0 Å². The summed E-state index contributed by atoms with van der Waals surface area (Å²) in [7, 11) is 0. The largest absolute Gasteiger partial charge is 0.298 e. The van der Waals surface area contributed by atoms with Crippen LogP contribution in [0.25, 0.3) is 0 Å². The van der Waals surface area contributed by atoms with Crippen LogP contribution in [0.2, 0.25) is 0 Å². The fraction of sp³-hybridized carbons (Fsp3) is 1.00. The first-order valence-electron chi connectivity index (χ1n) is 4.56. The molecule has 11 heavy (non-hydrogen) atoms. The number of likely N-dealkylation sites (tertiary alicyclic amines) is 1. The maximum absolute atomic E-state index is 2.58. The van der Waals surface area contributed by atoms with Crippen LogP contribution in [0.4, 0.5) is 0 Å². The fourth-order valence-corrected chi connectivity index (χ4v) is 1.68. The van der Waals surface area contributed by atoms with Crippen LogP contribution < -0.4 is 0 Å². The molecule has 1 aliphatic rings. The first kappa shape index (κ1) is 9.05. The van der Waals surface area contributed by atoms with Gasteiger partial charge in [-0.1, -0.05) is 13.8 Å². The molecule has 0 atom stereocenters. The van der Waals surface area contributed by atoms with Crippen molar-refractivity contribution < 1.29 is 0 Å². The molecule has 1 saturated heterocycles. The predicted molar refractivity (Wildman–Crippen MR) is 49.7 cm³/mol. The molecule has 0 N–H and O–H groups in total. The van der Waals surface area contributed by atoms with Crippen LogP contribution in [-0.2, 0) is 0 Å². The maximum Gasteiger partial charge on any atom is 0.0125 e. The summed E-state index contributed by atoms with van der Waals surface area (Å²) in [6.07, 6.45) is 1.35. The first-order valence-corrected chi connectivity index (χ1v) is 4.56. The second-order valence-electron chi connectivity index (χ2n) is 5.51. The van der Waals surface area contributed by atoms with Gasteiger partial charge in [0.05, 0.1) is 0 Å². The second kappa shape index (κ2) is 2.48. The van der Waals surface area contributed by atoms with Gasteiger partial charge in [0.25, 0.3) is 0 Å². The highest BCUT2D eigenvalue weighted by Crippen LogP contribution is 2.32. The van der Waals surface area contributed by atoms with Gasteiger partial charge in [-0.05, 0) is 39.2 Å². The van der Waals surface area contributed by atoms with Crippen molar-refractivity contribution in [3.8, 4) is 0 Å². The summed E-state index contributed by atoms with van der Waals surface area (Å²) >= 11 is 0. The van der Waals surface area contributed by atoms with Gasteiger partial charge in [0.2, 0.25) is 0 Å². The van der Waals surface area contributed by atoms with Crippen molar-refractivity contribution in [2.24, 2.45) is 5.41 Å². The van der Waals surface area contributed by atoms with Crippen molar-refractivity contribution in [1.82, 2.24) is 4.90 Å². The van der Waals surface area contributed by atoms with Crippen molar-refractivity contribution in [2.75, 3.05) is 13.1 Å². The lowest BCUT2D eigenvalue weighted by atomic mass is 9.93. The van der Waals surface area contributed by atoms with Gasteiger partial charge in [0.15, 0.2) is 0 Å². The molecule has 1 aliphatic heterocycles. The topological polar surface area (TPSA) is 3.24 Å². The average Bonchev–Trinajstić information content (AvgIpc) is 2.07. The summed E-state index contributed by atoms with van der Waals surface area (Å²) in [5.41, 5.74) is 0.918. The molecule has 0 bridgehead atoms.